The van der Waals surface area contributed by atoms with E-state index >= 15 is 0 Å². The van der Waals surface area contributed by atoms with Crippen LogP contribution in [-0.4, -0.2) is 29.1 Å². The number of thioether (sulfide) groups is 1. The molecule has 2 heterocycles. The summed E-state index contributed by atoms with van der Waals surface area (Å²) in [7, 11) is 1.24. The van der Waals surface area contributed by atoms with E-state index in [0.717, 1.165) is 33.0 Å². The number of imide groups is 1. The molecule has 8 nitrogen and oxygen atoms in total. The van der Waals surface area contributed by atoms with Crippen LogP contribution in [-0.2, 0) is 22.7 Å². The second kappa shape index (κ2) is 10.7. The molecule has 1 aliphatic rings. The fourth-order valence-corrected chi connectivity index (χ4v) is 4.88. The number of nitrogens with zero attached hydrogens (tertiary/aromatic N) is 2. The Morgan fingerprint density at radius 2 is 1.84 bits per heavy atom. The van der Waals surface area contributed by atoms with E-state index in [-0.39, 0.29) is 29.6 Å². The van der Waals surface area contributed by atoms with Crippen LogP contribution in [0.15, 0.2) is 82.1 Å². The first-order valence-electron chi connectivity index (χ1n) is 11.5. The number of hydrogen-bond donors (Lipinski definition) is 0. The fraction of sp³-hybridized carbons (Fsp3) is 0.103. The Labute approximate surface area is 222 Å². The predicted octanol–water partition coefficient (Wildman–Crippen LogP) is 5.91. The molecule has 0 spiro atoms. The summed E-state index contributed by atoms with van der Waals surface area (Å²) in [5.74, 6) is -0.354. The van der Waals surface area contributed by atoms with Gasteiger partial charge in [0.15, 0.2) is 0 Å². The highest BCUT2D eigenvalue weighted by Crippen LogP contribution is 2.37. The molecule has 3 aromatic carbocycles. The van der Waals surface area contributed by atoms with E-state index in [1.807, 2.05) is 48.5 Å². The first-order valence-corrected chi connectivity index (χ1v) is 12.3. The number of benzene rings is 3. The molecular weight excluding hydrogens is 504 g/mol. The van der Waals surface area contributed by atoms with Crippen molar-refractivity contribution in [2.24, 2.45) is 0 Å². The summed E-state index contributed by atoms with van der Waals surface area (Å²) in [6.07, 6.45) is 1.65. The van der Waals surface area contributed by atoms with Crippen LogP contribution in [0.3, 0.4) is 0 Å². The molecule has 0 radical (unpaired) electrons. The van der Waals surface area contributed by atoms with Gasteiger partial charge in [0.1, 0.15) is 18.1 Å². The highest BCUT2D eigenvalue weighted by atomic mass is 32.2. The molecule has 0 N–H and O–H groups in total. The number of nitriles is 1. The monoisotopic (exact) mass is 524 g/mol. The van der Waals surface area contributed by atoms with Crippen LogP contribution >= 0.6 is 11.8 Å². The number of hydrogen-bond acceptors (Lipinski definition) is 8. The van der Waals surface area contributed by atoms with Gasteiger partial charge in [-0.2, -0.15) is 5.26 Å². The normalized spacial score (nSPS) is 14.2. The van der Waals surface area contributed by atoms with Crippen molar-refractivity contribution >= 4 is 45.7 Å². The van der Waals surface area contributed by atoms with Gasteiger partial charge in [-0.3, -0.25) is 14.5 Å². The molecule has 2 amide bonds. The number of ether oxygens (including phenoxy) is 2. The molecule has 1 aromatic heterocycles. The maximum atomic E-state index is 13.2. The van der Waals surface area contributed by atoms with E-state index in [1.54, 1.807) is 18.2 Å². The standard InChI is InChI=1S/C29H20N2O6S/c1-35-28(33)25-13-11-21(37-25)16-31-27(32)26(38-29(31)34)14-23-22-9-5-4-6-18(22)10-12-24(23)36-17-20-8-3-2-7-19(20)15-30/h2-14H,16-17H2,1H3/b26-14+. The van der Waals surface area contributed by atoms with E-state index in [1.165, 1.54) is 19.2 Å². The Kier molecular flexibility index (Phi) is 6.98. The minimum atomic E-state index is -0.647. The lowest BCUT2D eigenvalue weighted by Crippen LogP contribution is -2.27. The smallest absolute Gasteiger partial charge is 0.373 e. The first kappa shape index (κ1) is 24.9. The maximum Gasteiger partial charge on any atom is 0.373 e. The third-order valence-corrected chi connectivity index (χ3v) is 6.87. The van der Waals surface area contributed by atoms with E-state index in [4.69, 9.17) is 9.15 Å². The Morgan fingerprint density at radius 3 is 2.66 bits per heavy atom. The molecule has 5 rings (SSSR count). The van der Waals surface area contributed by atoms with Crippen molar-refractivity contribution in [3.8, 4) is 11.8 Å². The second-order valence-corrected chi connectivity index (χ2v) is 9.27. The number of carbonyl (C=O) groups is 3. The van der Waals surface area contributed by atoms with Crippen LogP contribution in [0.2, 0.25) is 0 Å². The summed E-state index contributed by atoms with van der Waals surface area (Å²) in [6.45, 7) is 0.0360. The number of rotatable bonds is 7. The summed E-state index contributed by atoms with van der Waals surface area (Å²) in [6, 6.07) is 23.7. The van der Waals surface area contributed by atoms with Crippen LogP contribution in [0, 0.1) is 11.3 Å². The number of furan rings is 1. The number of methoxy groups -OCH3 is 1. The van der Waals surface area contributed by atoms with Gasteiger partial charge in [-0.05, 0) is 52.9 Å². The van der Waals surface area contributed by atoms with Crippen LogP contribution < -0.4 is 4.74 Å². The van der Waals surface area contributed by atoms with E-state index < -0.39 is 17.1 Å². The quantitative estimate of drug-likeness (QED) is 0.217. The topological polar surface area (TPSA) is 110 Å². The van der Waals surface area contributed by atoms with E-state index in [9.17, 15) is 19.6 Å². The molecule has 0 aliphatic carbocycles. The number of esters is 1. The Balaban J connectivity index is 1.45. The molecular formula is C29H20N2O6S. The van der Waals surface area contributed by atoms with Crippen molar-refractivity contribution in [3.05, 3.63) is 106 Å². The average Bonchev–Trinajstić information content (AvgIpc) is 3.52. The summed E-state index contributed by atoms with van der Waals surface area (Å²) in [5.41, 5.74) is 1.90. The molecule has 38 heavy (non-hydrogen) atoms. The maximum absolute atomic E-state index is 13.2. The number of amides is 2. The summed E-state index contributed by atoms with van der Waals surface area (Å²) in [5, 5.41) is 10.7. The minimum Gasteiger partial charge on any atom is -0.488 e. The van der Waals surface area contributed by atoms with Crippen LogP contribution in [0.5, 0.6) is 5.75 Å². The van der Waals surface area contributed by atoms with E-state index in [2.05, 4.69) is 10.8 Å². The SMILES string of the molecule is COC(=O)c1ccc(CN2C(=O)S/C(=C/c3c(OCc4ccccc4C#N)ccc4ccccc34)C2=O)o1. The van der Waals surface area contributed by atoms with Gasteiger partial charge in [0.25, 0.3) is 11.1 Å². The molecule has 1 aliphatic heterocycles. The van der Waals surface area contributed by atoms with Crippen molar-refractivity contribution in [1.29, 1.82) is 5.26 Å². The first-order chi connectivity index (χ1) is 18.5. The summed E-state index contributed by atoms with van der Waals surface area (Å²) < 4.78 is 16.2. The molecule has 0 saturated carbocycles. The average molecular weight is 525 g/mol. The predicted molar refractivity (Wildman–Crippen MR) is 141 cm³/mol. The van der Waals surface area contributed by atoms with Crippen molar-refractivity contribution in [2.45, 2.75) is 13.2 Å². The lowest BCUT2D eigenvalue weighted by atomic mass is 10.0. The van der Waals surface area contributed by atoms with Crippen molar-refractivity contribution in [3.63, 3.8) is 0 Å². The Morgan fingerprint density at radius 1 is 1.05 bits per heavy atom. The molecule has 1 fully saturated rings. The van der Waals surface area contributed by atoms with Gasteiger partial charge in [0.05, 0.1) is 30.2 Å². The van der Waals surface area contributed by atoms with Gasteiger partial charge in [-0.1, -0.05) is 48.5 Å². The Hall–Kier alpha value is -4.81. The van der Waals surface area contributed by atoms with Gasteiger partial charge in [0, 0.05) is 11.1 Å². The molecule has 1 saturated heterocycles. The zero-order chi connectivity index (χ0) is 26.6. The Bertz CT molecular complexity index is 1650. The zero-order valence-electron chi connectivity index (χ0n) is 20.2. The second-order valence-electron chi connectivity index (χ2n) is 8.28. The van der Waals surface area contributed by atoms with E-state index in [0.29, 0.717) is 16.9 Å². The van der Waals surface area contributed by atoms with Crippen molar-refractivity contribution < 1.29 is 28.3 Å². The van der Waals surface area contributed by atoms with Crippen LogP contribution in [0.4, 0.5) is 4.79 Å². The van der Waals surface area contributed by atoms with Gasteiger partial charge in [-0.25, -0.2) is 4.79 Å². The van der Waals surface area contributed by atoms with Crippen molar-refractivity contribution in [1.82, 2.24) is 4.90 Å². The molecule has 0 bridgehead atoms. The molecule has 4 aromatic rings. The fourth-order valence-electron chi connectivity index (χ4n) is 4.06. The minimum absolute atomic E-state index is 0.0134. The van der Waals surface area contributed by atoms with Gasteiger partial charge in [-0.15, -0.1) is 0 Å². The summed E-state index contributed by atoms with van der Waals surface area (Å²) in [4.78, 5) is 38.9. The highest BCUT2D eigenvalue weighted by molar-refractivity contribution is 8.18. The number of carbonyl (C=O) groups excluding carboxylic acids is 3. The highest BCUT2D eigenvalue weighted by Gasteiger charge is 2.36. The molecule has 9 heteroatoms. The van der Waals surface area contributed by atoms with Gasteiger partial charge >= 0.3 is 5.97 Å². The lowest BCUT2D eigenvalue weighted by molar-refractivity contribution is -0.123. The van der Waals surface area contributed by atoms with Gasteiger partial charge < -0.3 is 13.9 Å². The molecule has 0 atom stereocenters. The van der Waals surface area contributed by atoms with Crippen molar-refractivity contribution in [2.75, 3.05) is 7.11 Å². The summed E-state index contributed by atoms with van der Waals surface area (Å²) >= 11 is 0.818. The molecule has 188 valence electrons. The third kappa shape index (κ3) is 4.90. The number of fused-ring (bicyclic) bond motifs is 1. The largest absolute Gasteiger partial charge is 0.488 e. The third-order valence-electron chi connectivity index (χ3n) is 5.96. The van der Waals surface area contributed by atoms with Crippen LogP contribution in [0.1, 0.15) is 33.0 Å². The lowest BCUT2D eigenvalue weighted by Gasteiger charge is -2.13. The van der Waals surface area contributed by atoms with Crippen LogP contribution in [0.25, 0.3) is 16.8 Å². The van der Waals surface area contributed by atoms with Gasteiger partial charge in [0.2, 0.25) is 5.76 Å². The molecule has 0 unspecified atom stereocenters. The zero-order valence-corrected chi connectivity index (χ0v) is 21.0.